The number of amides is 2. The Balaban J connectivity index is 1.76. The van der Waals surface area contributed by atoms with Crippen LogP contribution < -0.4 is 25.1 Å². The second kappa shape index (κ2) is 9.96. The minimum Gasteiger partial charge on any atom is -0.493 e. The molecule has 0 saturated heterocycles. The summed E-state index contributed by atoms with van der Waals surface area (Å²) in [5, 5.41) is 0. The van der Waals surface area contributed by atoms with Gasteiger partial charge in [0.15, 0.2) is 30.5 Å². The lowest BCUT2D eigenvalue weighted by Gasteiger charge is -2.12. The van der Waals surface area contributed by atoms with Crippen molar-refractivity contribution >= 4 is 17.6 Å². The molecule has 8 heteroatoms. The fourth-order valence-electron chi connectivity index (χ4n) is 2.21. The number of ether oxygens (including phenoxy) is 3. The highest BCUT2D eigenvalue weighted by Crippen LogP contribution is 2.28. The van der Waals surface area contributed by atoms with Gasteiger partial charge in [0, 0.05) is 5.56 Å². The number of hydrogen-bond donors (Lipinski definition) is 2. The first-order valence-electron chi connectivity index (χ1n) is 8.48. The first kappa shape index (κ1) is 20.8. The zero-order valence-corrected chi connectivity index (χ0v) is 15.9. The number of rotatable bonds is 8. The Morgan fingerprint density at radius 1 is 0.893 bits per heavy atom. The molecule has 0 aliphatic rings. The number of aryl methyl sites for hydroxylation is 1. The van der Waals surface area contributed by atoms with Gasteiger partial charge in [-0.25, -0.2) is 0 Å². The summed E-state index contributed by atoms with van der Waals surface area (Å²) < 4.78 is 15.9. The molecule has 2 N–H and O–H groups in total. The number of methoxy groups -OCH3 is 1. The summed E-state index contributed by atoms with van der Waals surface area (Å²) in [6, 6.07) is 11.9. The molecule has 0 aliphatic carbocycles. The normalized spacial score (nSPS) is 9.96. The number of hydrazine groups is 1. The molecule has 0 saturated carbocycles. The van der Waals surface area contributed by atoms with Gasteiger partial charge < -0.3 is 14.2 Å². The van der Waals surface area contributed by atoms with Crippen molar-refractivity contribution in [3.63, 3.8) is 0 Å². The molecule has 2 aromatic rings. The van der Waals surface area contributed by atoms with Crippen molar-refractivity contribution in [1.82, 2.24) is 10.9 Å². The fraction of sp³-hybridized carbons (Fsp3) is 0.250. The molecule has 0 aromatic heterocycles. The maximum Gasteiger partial charge on any atom is 0.276 e. The van der Waals surface area contributed by atoms with Gasteiger partial charge in [0.1, 0.15) is 5.75 Å². The summed E-state index contributed by atoms with van der Waals surface area (Å²) in [5.74, 6) is -0.00296. The van der Waals surface area contributed by atoms with Crippen molar-refractivity contribution in [2.75, 3.05) is 20.3 Å². The fourth-order valence-corrected chi connectivity index (χ4v) is 2.21. The van der Waals surface area contributed by atoms with Crippen LogP contribution in [0.5, 0.6) is 17.2 Å². The molecule has 0 aliphatic heterocycles. The molecule has 0 unspecified atom stereocenters. The third-order valence-corrected chi connectivity index (χ3v) is 3.63. The van der Waals surface area contributed by atoms with E-state index in [1.54, 1.807) is 18.2 Å². The van der Waals surface area contributed by atoms with Crippen molar-refractivity contribution in [3.05, 3.63) is 53.6 Å². The van der Waals surface area contributed by atoms with Crippen molar-refractivity contribution in [2.45, 2.75) is 13.8 Å². The lowest BCUT2D eigenvalue weighted by atomic mass is 10.1. The van der Waals surface area contributed by atoms with Crippen molar-refractivity contribution in [1.29, 1.82) is 0 Å². The summed E-state index contributed by atoms with van der Waals surface area (Å²) in [7, 11) is 1.43. The third kappa shape index (κ3) is 6.31. The molecule has 0 bridgehead atoms. The number of ketones is 1. The number of hydrogen-bond acceptors (Lipinski definition) is 6. The molecule has 0 heterocycles. The van der Waals surface area contributed by atoms with Gasteiger partial charge in [0.05, 0.1) is 7.11 Å². The first-order chi connectivity index (χ1) is 13.4. The van der Waals surface area contributed by atoms with Gasteiger partial charge >= 0.3 is 0 Å². The molecule has 28 heavy (non-hydrogen) atoms. The Bertz CT molecular complexity index is 866. The second-order valence-corrected chi connectivity index (χ2v) is 5.91. The van der Waals surface area contributed by atoms with Gasteiger partial charge in [-0.15, -0.1) is 0 Å². The quantitative estimate of drug-likeness (QED) is 0.530. The van der Waals surface area contributed by atoms with Crippen LogP contribution in [0.15, 0.2) is 42.5 Å². The molecule has 0 atom stereocenters. The Morgan fingerprint density at radius 2 is 1.57 bits per heavy atom. The molecule has 0 fully saturated rings. The minimum absolute atomic E-state index is 0.113. The maximum absolute atomic E-state index is 11.8. The van der Waals surface area contributed by atoms with Crippen LogP contribution in [0.3, 0.4) is 0 Å². The Labute approximate surface area is 162 Å². The number of Topliss-reactive ketones (excluding diaryl/α,β-unsaturated/α-hetero) is 1. The lowest BCUT2D eigenvalue weighted by molar-refractivity contribution is -0.131. The lowest BCUT2D eigenvalue weighted by Crippen LogP contribution is -2.45. The van der Waals surface area contributed by atoms with Crippen LogP contribution in [0.1, 0.15) is 22.8 Å². The molecule has 2 rings (SSSR count). The van der Waals surface area contributed by atoms with Crippen LogP contribution in [-0.4, -0.2) is 37.9 Å². The summed E-state index contributed by atoms with van der Waals surface area (Å²) in [5.41, 5.74) is 5.94. The zero-order chi connectivity index (χ0) is 20.5. The minimum atomic E-state index is -0.568. The van der Waals surface area contributed by atoms with Gasteiger partial charge in [-0.2, -0.15) is 0 Å². The molecule has 2 aromatic carbocycles. The van der Waals surface area contributed by atoms with Crippen LogP contribution in [0.2, 0.25) is 0 Å². The highest BCUT2D eigenvalue weighted by atomic mass is 16.5. The van der Waals surface area contributed by atoms with Gasteiger partial charge in [0.2, 0.25) is 0 Å². The monoisotopic (exact) mass is 386 g/mol. The second-order valence-electron chi connectivity index (χ2n) is 5.91. The van der Waals surface area contributed by atoms with Gasteiger partial charge in [0.25, 0.3) is 11.8 Å². The van der Waals surface area contributed by atoms with E-state index in [9.17, 15) is 14.4 Å². The number of benzene rings is 2. The molecule has 8 nitrogen and oxygen atoms in total. The topological polar surface area (TPSA) is 103 Å². The largest absolute Gasteiger partial charge is 0.493 e. The highest BCUT2D eigenvalue weighted by molar-refractivity contribution is 5.94. The predicted molar refractivity (Wildman–Crippen MR) is 101 cm³/mol. The molecular formula is C20H22N2O6. The summed E-state index contributed by atoms with van der Waals surface area (Å²) >= 11 is 0. The van der Waals surface area contributed by atoms with Crippen LogP contribution >= 0.6 is 0 Å². The van der Waals surface area contributed by atoms with Gasteiger partial charge in [-0.3, -0.25) is 25.2 Å². The van der Waals surface area contributed by atoms with E-state index in [2.05, 4.69) is 10.9 Å². The summed E-state index contributed by atoms with van der Waals surface area (Å²) in [6.45, 7) is 2.75. The average Bonchev–Trinajstić information content (AvgIpc) is 2.68. The van der Waals surface area contributed by atoms with Crippen LogP contribution in [-0.2, 0) is 9.59 Å². The Kier molecular flexibility index (Phi) is 7.38. The highest BCUT2D eigenvalue weighted by Gasteiger charge is 2.11. The molecule has 148 valence electrons. The smallest absolute Gasteiger partial charge is 0.276 e. The predicted octanol–water partition coefficient (Wildman–Crippen LogP) is 1.81. The van der Waals surface area contributed by atoms with E-state index >= 15 is 0 Å². The number of carbonyl (C=O) groups excluding carboxylic acids is 3. The van der Waals surface area contributed by atoms with E-state index in [1.807, 2.05) is 19.1 Å². The standard InChI is InChI=1S/C20H22N2O6/c1-13-5-4-6-16(9-13)27-11-19(24)21-22-20(25)12-28-17-8-7-15(14(2)23)10-18(17)26-3/h4-10H,11-12H2,1-3H3,(H,21,24)(H,22,25). The van der Waals surface area contributed by atoms with Crippen molar-refractivity contribution in [2.24, 2.45) is 0 Å². The van der Waals surface area contributed by atoms with E-state index in [0.29, 0.717) is 22.8 Å². The molecule has 0 spiro atoms. The van der Waals surface area contributed by atoms with E-state index < -0.39 is 11.8 Å². The number of carbonyl (C=O) groups is 3. The SMILES string of the molecule is COc1cc(C(C)=O)ccc1OCC(=O)NNC(=O)COc1cccc(C)c1. The number of nitrogens with one attached hydrogen (secondary N) is 2. The van der Waals surface area contributed by atoms with Gasteiger partial charge in [-0.05, 0) is 49.7 Å². The van der Waals surface area contributed by atoms with Crippen molar-refractivity contribution < 1.29 is 28.6 Å². The maximum atomic E-state index is 11.8. The van der Waals surface area contributed by atoms with Crippen LogP contribution in [0, 0.1) is 6.92 Å². The molecule has 0 radical (unpaired) electrons. The van der Waals surface area contributed by atoms with E-state index in [0.717, 1.165) is 5.56 Å². The first-order valence-corrected chi connectivity index (χ1v) is 8.48. The van der Waals surface area contributed by atoms with Crippen molar-refractivity contribution in [3.8, 4) is 17.2 Å². The third-order valence-electron chi connectivity index (χ3n) is 3.63. The molecule has 2 amide bonds. The Hall–Kier alpha value is -3.55. The zero-order valence-electron chi connectivity index (χ0n) is 15.9. The average molecular weight is 386 g/mol. The summed E-state index contributed by atoms with van der Waals surface area (Å²) in [4.78, 5) is 35.0. The van der Waals surface area contributed by atoms with Crippen LogP contribution in [0.25, 0.3) is 0 Å². The van der Waals surface area contributed by atoms with E-state index in [4.69, 9.17) is 14.2 Å². The Morgan fingerprint density at radius 3 is 2.18 bits per heavy atom. The summed E-state index contributed by atoms with van der Waals surface area (Å²) in [6.07, 6.45) is 0. The van der Waals surface area contributed by atoms with E-state index in [1.165, 1.54) is 26.2 Å². The molecular weight excluding hydrogens is 364 g/mol. The van der Waals surface area contributed by atoms with E-state index in [-0.39, 0.29) is 19.0 Å². The van der Waals surface area contributed by atoms with Gasteiger partial charge in [-0.1, -0.05) is 12.1 Å². The van der Waals surface area contributed by atoms with Crippen LogP contribution in [0.4, 0.5) is 0 Å².